The van der Waals surface area contributed by atoms with Crippen LogP contribution in [0, 0.1) is 0 Å². The molecular formula is C18H11ClN2O2S. The molecule has 24 heavy (non-hydrogen) atoms. The Labute approximate surface area is 146 Å². The summed E-state index contributed by atoms with van der Waals surface area (Å²) in [5.41, 5.74) is 2.53. The predicted molar refractivity (Wildman–Crippen MR) is 96.7 cm³/mol. The van der Waals surface area contributed by atoms with Crippen LogP contribution in [0.2, 0.25) is 5.02 Å². The molecule has 0 aliphatic carbocycles. The number of carbonyl (C=O) groups is 1. The summed E-state index contributed by atoms with van der Waals surface area (Å²) in [6, 6.07) is 11.5. The normalized spacial score (nSPS) is 11.1. The lowest BCUT2D eigenvalue weighted by molar-refractivity contribution is 0.0606. The number of hydrogen-bond acceptors (Lipinski definition) is 5. The SMILES string of the molecule is COC(=O)c1cc2ccc(-c3cc(Cl)c4cnccc4n3)cc2s1. The third kappa shape index (κ3) is 2.52. The molecule has 0 saturated carbocycles. The summed E-state index contributed by atoms with van der Waals surface area (Å²) in [6.07, 6.45) is 3.40. The van der Waals surface area contributed by atoms with Crippen LogP contribution in [0.4, 0.5) is 0 Å². The average Bonchev–Trinajstić information content (AvgIpc) is 3.04. The molecule has 3 aromatic heterocycles. The summed E-state index contributed by atoms with van der Waals surface area (Å²) in [5.74, 6) is -0.322. The second kappa shape index (κ2) is 5.85. The van der Waals surface area contributed by atoms with Gasteiger partial charge >= 0.3 is 5.97 Å². The zero-order chi connectivity index (χ0) is 16.7. The number of nitrogens with zero attached hydrogens (tertiary/aromatic N) is 2. The fourth-order valence-electron chi connectivity index (χ4n) is 2.57. The Kier molecular flexibility index (Phi) is 3.67. The predicted octanol–water partition coefficient (Wildman–Crippen LogP) is 4.95. The number of pyridine rings is 2. The number of rotatable bonds is 2. The first-order valence-electron chi connectivity index (χ1n) is 7.18. The summed E-state index contributed by atoms with van der Waals surface area (Å²) in [5, 5.41) is 2.44. The minimum atomic E-state index is -0.322. The van der Waals surface area contributed by atoms with Gasteiger partial charge in [0.1, 0.15) is 4.88 Å². The quantitative estimate of drug-likeness (QED) is 0.478. The summed E-state index contributed by atoms with van der Waals surface area (Å²) < 4.78 is 5.78. The molecule has 0 radical (unpaired) electrons. The number of halogens is 1. The van der Waals surface area contributed by atoms with E-state index in [4.69, 9.17) is 16.3 Å². The second-order valence-electron chi connectivity index (χ2n) is 5.24. The van der Waals surface area contributed by atoms with E-state index in [0.29, 0.717) is 9.90 Å². The number of hydrogen-bond donors (Lipinski definition) is 0. The third-order valence-electron chi connectivity index (χ3n) is 3.76. The number of aromatic nitrogens is 2. The van der Waals surface area contributed by atoms with Gasteiger partial charge in [-0.25, -0.2) is 9.78 Å². The molecule has 0 aliphatic rings. The molecule has 1 aromatic carbocycles. The maximum Gasteiger partial charge on any atom is 0.348 e. The molecule has 0 unspecified atom stereocenters. The van der Waals surface area contributed by atoms with E-state index in [0.717, 1.165) is 32.2 Å². The largest absolute Gasteiger partial charge is 0.465 e. The van der Waals surface area contributed by atoms with Crippen molar-refractivity contribution in [1.82, 2.24) is 9.97 Å². The Morgan fingerprint density at radius 1 is 1.21 bits per heavy atom. The highest BCUT2D eigenvalue weighted by molar-refractivity contribution is 7.20. The fourth-order valence-corrected chi connectivity index (χ4v) is 3.84. The highest BCUT2D eigenvalue weighted by atomic mass is 35.5. The Bertz CT molecular complexity index is 1090. The maximum atomic E-state index is 11.7. The van der Waals surface area contributed by atoms with Crippen molar-refractivity contribution in [3.8, 4) is 11.3 Å². The van der Waals surface area contributed by atoms with Crippen LogP contribution in [0.15, 0.2) is 48.8 Å². The van der Waals surface area contributed by atoms with Gasteiger partial charge in [-0.3, -0.25) is 4.98 Å². The monoisotopic (exact) mass is 354 g/mol. The molecule has 0 spiro atoms. The topological polar surface area (TPSA) is 52.1 Å². The molecule has 0 saturated heterocycles. The average molecular weight is 355 g/mol. The molecule has 4 rings (SSSR count). The molecule has 118 valence electrons. The van der Waals surface area contributed by atoms with Gasteiger partial charge in [0, 0.05) is 28.0 Å². The molecular weight excluding hydrogens is 344 g/mol. The molecule has 4 nitrogen and oxygen atoms in total. The van der Waals surface area contributed by atoms with E-state index in [9.17, 15) is 4.79 Å². The lowest BCUT2D eigenvalue weighted by Gasteiger charge is -2.05. The van der Waals surface area contributed by atoms with Crippen LogP contribution in [0.3, 0.4) is 0 Å². The first kappa shape index (κ1) is 15.1. The van der Waals surface area contributed by atoms with Gasteiger partial charge in [0.05, 0.1) is 23.3 Å². The van der Waals surface area contributed by atoms with Crippen LogP contribution >= 0.6 is 22.9 Å². The number of thiophene rings is 1. The zero-order valence-electron chi connectivity index (χ0n) is 12.6. The van der Waals surface area contributed by atoms with Gasteiger partial charge in [-0.1, -0.05) is 23.7 Å². The van der Waals surface area contributed by atoms with Crippen molar-refractivity contribution in [1.29, 1.82) is 0 Å². The van der Waals surface area contributed by atoms with Crippen LogP contribution in [0.25, 0.3) is 32.2 Å². The van der Waals surface area contributed by atoms with Gasteiger partial charge in [-0.15, -0.1) is 11.3 Å². The van der Waals surface area contributed by atoms with Crippen molar-refractivity contribution in [2.75, 3.05) is 7.11 Å². The van der Waals surface area contributed by atoms with Crippen LogP contribution in [0.1, 0.15) is 9.67 Å². The van der Waals surface area contributed by atoms with Crippen LogP contribution in [-0.4, -0.2) is 23.0 Å². The van der Waals surface area contributed by atoms with E-state index in [1.165, 1.54) is 18.4 Å². The minimum Gasteiger partial charge on any atom is -0.465 e. The lowest BCUT2D eigenvalue weighted by Crippen LogP contribution is -1.96. The Morgan fingerprint density at radius 2 is 2.08 bits per heavy atom. The number of methoxy groups -OCH3 is 1. The molecule has 0 fully saturated rings. The summed E-state index contributed by atoms with van der Waals surface area (Å²) in [7, 11) is 1.38. The molecule has 0 amide bonds. The van der Waals surface area contributed by atoms with E-state index in [1.54, 1.807) is 12.4 Å². The highest BCUT2D eigenvalue weighted by Crippen LogP contribution is 2.32. The summed E-state index contributed by atoms with van der Waals surface area (Å²) in [4.78, 5) is 21.0. The van der Waals surface area contributed by atoms with E-state index in [-0.39, 0.29) is 5.97 Å². The van der Waals surface area contributed by atoms with Gasteiger partial charge in [0.25, 0.3) is 0 Å². The summed E-state index contributed by atoms with van der Waals surface area (Å²) >= 11 is 7.76. The Balaban J connectivity index is 1.85. The van der Waals surface area contributed by atoms with E-state index in [2.05, 4.69) is 9.97 Å². The van der Waals surface area contributed by atoms with Gasteiger partial charge in [0.15, 0.2) is 0 Å². The molecule has 6 heteroatoms. The van der Waals surface area contributed by atoms with Crippen molar-refractivity contribution in [2.24, 2.45) is 0 Å². The van der Waals surface area contributed by atoms with Crippen LogP contribution in [-0.2, 0) is 4.74 Å². The number of benzene rings is 1. The van der Waals surface area contributed by atoms with Gasteiger partial charge < -0.3 is 4.74 Å². The second-order valence-corrected chi connectivity index (χ2v) is 6.73. The number of fused-ring (bicyclic) bond motifs is 2. The van der Waals surface area contributed by atoms with Gasteiger partial charge in [-0.2, -0.15) is 0 Å². The zero-order valence-corrected chi connectivity index (χ0v) is 14.2. The number of esters is 1. The van der Waals surface area contributed by atoms with Crippen molar-refractivity contribution in [3.05, 3.63) is 58.7 Å². The fraction of sp³-hybridized carbons (Fsp3) is 0.0556. The van der Waals surface area contributed by atoms with Crippen molar-refractivity contribution < 1.29 is 9.53 Å². The standard InChI is InChI=1S/C18H11ClN2O2S/c1-23-18(22)17-7-11-3-2-10(6-16(11)24-17)15-8-13(19)12-9-20-5-4-14(12)21-15/h2-9H,1H3. The third-order valence-corrected chi connectivity index (χ3v) is 5.15. The van der Waals surface area contributed by atoms with Crippen molar-refractivity contribution in [2.45, 2.75) is 0 Å². The molecule has 0 N–H and O–H groups in total. The molecule has 4 aromatic rings. The number of ether oxygens (including phenoxy) is 1. The minimum absolute atomic E-state index is 0.322. The van der Waals surface area contributed by atoms with Crippen LogP contribution in [0.5, 0.6) is 0 Å². The number of carbonyl (C=O) groups excluding carboxylic acids is 1. The Morgan fingerprint density at radius 3 is 2.92 bits per heavy atom. The van der Waals surface area contributed by atoms with E-state index in [1.807, 2.05) is 36.4 Å². The summed E-state index contributed by atoms with van der Waals surface area (Å²) in [6.45, 7) is 0. The molecule has 0 aliphatic heterocycles. The smallest absolute Gasteiger partial charge is 0.348 e. The van der Waals surface area contributed by atoms with Crippen LogP contribution < -0.4 is 0 Å². The van der Waals surface area contributed by atoms with E-state index < -0.39 is 0 Å². The van der Waals surface area contributed by atoms with E-state index >= 15 is 0 Å². The van der Waals surface area contributed by atoms with Crippen molar-refractivity contribution in [3.63, 3.8) is 0 Å². The van der Waals surface area contributed by atoms with Gasteiger partial charge in [-0.05, 0) is 29.7 Å². The first-order chi connectivity index (χ1) is 11.7. The lowest BCUT2D eigenvalue weighted by atomic mass is 10.1. The molecule has 0 atom stereocenters. The highest BCUT2D eigenvalue weighted by Gasteiger charge is 2.12. The maximum absolute atomic E-state index is 11.7. The van der Waals surface area contributed by atoms with Crippen molar-refractivity contribution >= 4 is 49.9 Å². The molecule has 3 heterocycles. The Hall–Kier alpha value is -2.50. The molecule has 0 bridgehead atoms. The first-order valence-corrected chi connectivity index (χ1v) is 8.38. The van der Waals surface area contributed by atoms with Gasteiger partial charge in [0.2, 0.25) is 0 Å².